The van der Waals surface area contributed by atoms with Crippen LogP contribution in [0.15, 0.2) is 34.2 Å². The maximum atomic E-state index is 12.0. The normalized spacial score (nSPS) is 18.1. The number of rotatable bonds is 4. The molecular formula is C15H16N2O4S. The van der Waals surface area contributed by atoms with Crippen LogP contribution in [0.1, 0.15) is 5.56 Å². The molecular weight excluding hydrogens is 304 g/mol. The zero-order valence-electron chi connectivity index (χ0n) is 12.5. The molecule has 1 aliphatic heterocycles. The van der Waals surface area contributed by atoms with Crippen molar-refractivity contribution in [2.24, 2.45) is 4.99 Å². The molecule has 0 bridgehead atoms. The molecule has 0 spiro atoms. The topological polar surface area (TPSA) is 68.2 Å². The van der Waals surface area contributed by atoms with Crippen LogP contribution in [0.2, 0.25) is 0 Å². The summed E-state index contributed by atoms with van der Waals surface area (Å²) in [5.74, 6) is 0.0519. The molecule has 0 aromatic heterocycles. The Morgan fingerprint density at radius 3 is 2.59 bits per heavy atom. The van der Waals surface area contributed by atoms with Crippen LogP contribution in [0.25, 0.3) is 6.08 Å². The Kier molecular flexibility index (Phi) is 5.21. The molecule has 0 atom stereocenters. The summed E-state index contributed by atoms with van der Waals surface area (Å²) >= 11 is 1.34. The van der Waals surface area contributed by atoms with Gasteiger partial charge in [-0.1, -0.05) is 12.1 Å². The molecule has 1 aromatic rings. The second-order valence-corrected chi connectivity index (χ2v) is 5.42. The third kappa shape index (κ3) is 3.67. The molecule has 0 radical (unpaired) electrons. The highest BCUT2D eigenvalue weighted by atomic mass is 32.2. The maximum Gasteiger partial charge on any atom is 0.343 e. The molecule has 1 aromatic carbocycles. The van der Waals surface area contributed by atoms with Gasteiger partial charge in [-0.25, -0.2) is 4.79 Å². The van der Waals surface area contributed by atoms with Gasteiger partial charge < -0.3 is 9.47 Å². The predicted octanol–water partition coefficient (Wildman–Crippen LogP) is 1.77. The first-order chi connectivity index (χ1) is 10.5. The van der Waals surface area contributed by atoms with Gasteiger partial charge in [-0.05, 0) is 35.5 Å². The number of benzene rings is 1. The molecule has 0 saturated carbocycles. The van der Waals surface area contributed by atoms with Gasteiger partial charge in [0.2, 0.25) is 0 Å². The zero-order valence-corrected chi connectivity index (χ0v) is 13.3. The number of methoxy groups -OCH3 is 1. The summed E-state index contributed by atoms with van der Waals surface area (Å²) in [6.07, 6.45) is 1.80. The Bertz CT molecular complexity index is 637. The summed E-state index contributed by atoms with van der Waals surface area (Å²) < 4.78 is 9.76. The molecule has 0 aliphatic carbocycles. The number of nitrogens with zero attached hydrogens (tertiary/aromatic N) is 2. The Morgan fingerprint density at radius 1 is 1.36 bits per heavy atom. The summed E-state index contributed by atoms with van der Waals surface area (Å²) in [4.78, 5) is 29.2. The third-order valence-corrected chi connectivity index (χ3v) is 4.11. The number of carbonyl (C=O) groups is 2. The molecule has 1 fully saturated rings. The summed E-state index contributed by atoms with van der Waals surface area (Å²) in [6.45, 7) is -0.133. The number of likely N-dealkylation sites (N-methyl/N-ethyl adjacent to an activating group) is 1. The van der Waals surface area contributed by atoms with Crippen molar-refractivity contribution in [3.63, 3.8) is 0 Å². The lowest BCUT2D eigenvalue weighted by atomic mass is 10.2. The number of hydrogen-bond acceptors (Lipinski definition) is 6. The van der Waals surface area contributed by atoms with E-state index in [2.05, 4.69) is 9.73 Å². The van der Waals surface area contributed by atoms with Gasteiger partial charge in [-0.15, -0.1) is 0 Å². The van der Waals surface area contributed by atoms with E-state index in [0.717, 1.165) is 5.56 Å². The highest BCUT2D eigenvalue weighted by Gasteiger charge is 2.29. The van der Waals surface area contributed by atoms with Crippen molar-refractivity contribution in [1.82, 2.24) is 4.90 Å². The lowest BCUT2D eigenvalue weighted by molar-refractivity contribution is -0.142. The molecule has 22 heavy (non-hydrogen) atoms. The van der Waals surface area contributed by atoms with E-state index >= 15 is 0 Å². The molecule has 0 N–H and O–H groups in total. The Balaban J connectivity index is 2.07. The van der Waals surface area contributed by atoms with Gasteiger partial charge >= 0.3 is 5.97 Å². The number of hydrogen-bond donors (Lipinski definition) is 0. The first-order valence-corrected chi connectivity index (χ1v) is 7.31. The van der Waals surface area contributed by atoms with Crippen molar-refractivity contribution in [2.45, 2.75) is 0 Å². The van der Waals surface area contributed by atoms with Gasteiger partial charge in [0, 0.05) is 14.1 Å². The average Bonchev–Trinajstić information content (AvgIpc) is 2.81. The SMILES string of the molecule is CN=C1S/C(=C\c2ccc(OCC(=O)OC)cc2)C(=O)N1C. The highest BCUT2D eigenvalue weighted by Crippen LogP contribution is 2.31. The van der Waals surface area contributed by atoms with Gasteiger partial charge in [0.05, 0.1) is 12.0 Å². The van der Waals surface area contributed by atoms with Crippen LogP contribution in [0.3, 0.4) is 0 Å². The molecule has 1 saturated heterocycles. The monoisotopic (exact) mass is 320 g/mol. The summed E-state index contributed by atoms with van der Waals surface area (Å²) in [5, 5.41) is 0.675. The van der Waals surface area contributed by atoms with Crippen LogP contribution in [0.4, 0.5) is 0 Å². The van der Waals surface area contributed by atoms with Crippen molar-refractivity contribution in [1.29, 1.82) is 0 Å². The molecule has 116 valence electrons. The van der Waals surface area contributed by atoms with Crippen molar-refractivity contribution in [2.75, 3.05) is 27.8 Å². The standard InChI is InChI=1S/C15H16N2O4S/c1-16-15-17(2)14(19)12(22-15)8-10-4-6-11(7-5-10)21-9-13(18)20-3/h4-8H,9H2,1-3H3/b12-8-,16-15?. The van der Waals surface area contributed by atoms with Crippen LogP contribution in [-0.2, 0) is 14.3 Å². The molecule has 1 aliphatic rings. The van der Waals surface area contributed by atoms with E-state index in [0.29, 0.717) is 15.8 Å². The van der Waals surface area contributed by atoms with E-state index in [4.69, 9.17) is 4.74 Å². The second-order valence-electron chi connectivity index (χ2n) is 4.41. The van der Waals surface area contributed by atoms with Crippen LogP contribution in [0.5, 0.6) is 5.75 Å². The minimum atomic E-state index is -0.437. The quantitative estimate of drug-likeness (QED) is 0.625. The summed E-state index contributed by atoms with van der Waals surface area (Å²) in [5.41, 5.74) is 0.868. The van der Waals surface area contributed by atoms with Gasteiger partial charge in [-0.3, -0.25) is 14.7 Å². The number of thioether (sulfide) groups is 1. The summed E-state index contributed by atoms with van der Waals surface area (Å²) in [6, 6.07) is 7.10. The number of carbonyl (C=O) groups excluding carboxylic acids is 2. The predicted molar refractivity (Wildman–Crippen MR) is 85.7 cm³/mol. The first kappa shape index (κ1) is 16.1. The van der Waals surface area contributed by atoms with E-state index in [9.17, 15) is 9.59 Å². The zero-order chi connectivity index (χ0) is 16.1. The minimum Gasteiger partial charge on any atom is -0.482 e. The van der Waals surface area contributed by atoms with E-state index < -0.39 is 5.97 Å². The Hall–Kier alpha value is -2.28. The van der Waals surface area contributed by atoms with E-state index in [-0.39, 0.29) is 12.5 Å². The molecule has 0 unspecified atom stereocenters. The fraction of sp³-hybridized carbons (Fsp3) is 0.267. The van der Waals surface area contributed by atoms with E-state index in [1.54, 1.807) is 32.3 Å². The number of ether oxygens (including phenoxy) is 2. The smallest absolute Gasteiger partial charge is 0.343 e. The lowest BCUT2D eigenvalue weighted by Crippen LogP contribution is -2.23. The van der Waals surface area contributed by atoms with Crippen LogP contribution in [0, 0.1) is 0 Å². The fourth-order valence-corrected chi connectivity index (χ4v) is 2.69. The average molecular weight is 320 g/mol. The Labute approximate surface area is 132 Å². The van der Waals surface area contributed by atoms with Crippen LogP contribution < -0.4 is 4.74 Å². The van der Waals surface area contributed by atoms with E-state index in [1.807, 2.05) is 12.1 Å². The van der Waals surface area contributed by atoms with Crippen LogP contribution in [-0.4, -0.2) is 49.8 Å². The molecule has 6 nitrogen and oxygen atoms in total. The largest absolute Gasteiger partial charge is 0.482 e. The van der Waals surface area contributed by atoms with E-state index in [1.165, 1.54) is 23.8 Å². The first-order valence-electron chi connectivity index (χ1n) is 6.49. The number of esters is 1. The Morgan fingerprint density at radius 2 is 2.05 bits per heavy atom. The maximum absolute atomic E-state index is 12.0. The minimum absolute atomic E-state index is 0.0726. The molecule has 1 amide bonds. The molecule has 7 heteroatoms. The van der Waals surface area contributed by atoms with Crippen molar-refractivity contribution < 1.29 is 19.1 Å². The lowest BCUT2D eigenvalue weighted by Gasteiger charge is -2.05. The highest BCUT2D eigenvalue weighted by molar-refractivity contribution is 8.18. The van der Waals surface area contributed by atoms with Gasteiger partial charge in [0.15, 0.2) is 11.8 Å². The van der Waals surface area contributed by atoms with Gasteiger partial charge in [0.25, 0.3) is 5.91 Å². The van der Waals surface area contributed by atoms with Crippen molar-refractivity contribution in [3.05, 3.63) is 34.7 Å². The molecule has 2 rings (SSSR count). The van der Waals surface area contributed by atoms with Gasteiger partial charge in [-0.2, -0.15) is 0 Å². The summed E-state index contributed by atoms with van der Waals surface area (Å²) in [7, 11) is 4.66. The van der Waals surface area contributed by atoms with Crippen molar-refractivity contribution >= 4 is 34.9 Å². The third-order valence-electron chi connectivity index (χ3n) is 2.96. The van der Waals surface area contributed by atoms with Gasteiger partial charge in [0.1, 0.15) is 5.75 Å². The number of amidine groups is 1. The molecule has 1 heterocycles. The second kappa shape index (κ2) is 7.13. The fourth-order valence-electron chi connectivity index (χ4n) is 1.76. The number of aliphatic imine (C=N–C) groups is 1. The van der Waals surface area contributed by atoms with Crippen molar-refractivity contribution in [3.8, 4) is 5.75 Å². The van der Waals surface area contributed by atoms with Crippen LogP contribution >= 0.6 is 11.8 Å². The number of amides is 1.